The molecule has 2 aromatic carbocycles. The van der Waals surface area contributed by atoms with Gasteiger partial charge in [-0.05, 0) is 30.3 Å². The smallest absolute Gasteiger partial charge is 0.416 e. The van der Waals surface area contributed by atoms with Gasteiger partial charge in [-0.3, -0.25) is 9.69 Å². The Labute approximate surface area is 179 Å². The van der Waals surface area contributed by atoms with E-state index < -0.39 is 29.0 Å². The topological polar surface area (TPSA) is 108 Å². The van der Waals surface area contributed by atoms with E-state index >= 15 is 0 Å². The van der Waals surface area contributed by atoms with Crippen LogP contribution < -0.4 is 16.0 Å². The highest BCUT2D eigenvalue weighted by Crippen LogP contribution is 2.54. The average molecular weight is 438 g/mol. The molecule has 5 rings (SSSR count). The number of para-hydroxylation sites is 1. The van der Waals surface area contributed by atoms with Crippen molar-refractivity contribution in [3.63, 3.8) is 0 Å². The third-order valence-corrected chi connectivity index (χ3v) is 5.83. The summed E-state index contributed by atoms with van der Waals surface area (Å²) < 4.78 is 44.2. The molecule has 2 aromatic rings. The van der Waals surface area contributed by atoms with Crippen LogP contribution in [0.1, 0.15) is 11.1 Å². The van der Waals surface area contributed by atoms with Gasteiger partial charge in [0.1, 0.15) is 23.9 Å². The highest BCUT2D eigenvalue weighted by molar-refractivity contribution is 6.18. The number of rotatable bonds is 1. The maximum Gasteiger partial charge on any atom is 0.416 e. The van der Waals surface area contributed by atoms with Gasteiger partial charge < -0.3 is 15.8 Å². The number of fused-ring (bicyclic) bond motifs is 3. The zero-order valence-electron chi connectivity index (χ0n) is 16.2. The number of halogens is 3. The van der Waals surface area contributed by atoms with E-state index in [1.165, 1.54) is 17.0 Å². The van der Waals surface area contributed by atoms with Crippen molar-refractivity contribution in [3.05, 3.63) is 82.3 Å². The van der Waals surface area contributed by atoms with Gasteiger partial charge in [0.2, 0.25) is 5.91 Å². The molecule has 10 heteroatoms. The summed E-state index contributed by atoms with van der Waals surface area (Å²) in [6.07, 6.45) is -4.54. The monoisotopic (exact) mass is 438 g/mol. The minimum absolute atomic E-state index is 0.0782. The van der Waals surface area contributed by atoms with Crippen molar-refractivity contribution in [2.45, 2.75) is 11.6 Å². The SMILES string of the molecule is N#CC1=C(N)N(c2ccc(C(F)(F)F)cc2)C2=C(C(=O)OC2)[C@]12C(=O)Nc1ccccc12. The van der Waals surface area contributed by atoms with Gasteiger partial charge in [0.05, 0.1) is 22.4 Å². The second-order valence-electron chi connectivity index (χ2n) is 7.40. The number of nitrogens with zero attached hydrogens (tertiary/aromatic N) is 2. The van der Waals surface area contributed by atoms with Crippen molar-refractivity contribution < 1.29 is 27.5 Å². The average Bonchev–Trinajstić information content (AvgIpc) is 3.27. The molecule has 0 aromatic heterocycles. The number of amides is 1. The van der Waals surface area contributed by atoms with Crippen LogP contribution in [0.15, 0.2) is 71.2 Å². The van der Waals surface area contributed by atoms with Gasteiger partial charge in [-0.1, -0.05) is 18.2 Å². The molecule has 0 unspecified atom stereocenters. The van der Waals surface area contributed by atoms with Crippen LogP contribution in [-0.2, 0) is 25.9 Å². The van der Waals surface area contributed by atoms with Crippen molar-refractivity contribution in [2.75, 3.05) is 16.8 Å². The molecule has 0 fully saturated rings. The van der Waals surface area contributed by atoms with Crippen molar-refractivity contribution in [3.8, 4) is 6.07 Å². The predicted octanol–water partition coefficient (Wildman–Crippen LogP) is 2.92. The van der Waals surface area contributed by atoms with Gasteiger partial charge in [-0.2, -0.15) is 18.4 Å². The van der Waals surface area contributed by atoms with E-state index in [2.05, 4.69) is 5.32 Å². The molecule has 3 N–H and O–H groups in total. The molecule has 0 bridgehead atoms. The van der Waals surface area contributed by atoms with E-state index in [9.17, 15) is 28.0 Å². The molecule has 0 aliphatic carbocycles. The largest absolute Gasteiger partial charge is 0.456 e. The Balaban J connectivity index is 1.78. The lowest BCUT2D eigenvalue weighted by Crippen LogP contribution is -2.48. The Bertz CT molecular complexity index is 1300. The Kier molecular flexibility index (Phi) is 3.92. The molecule has 1 spiro atoms. The molecule has 32 heavy (non-hydrogen) atoms. The van der Waals surface area contributed by atoms with Crippen LogP contribution in [-0.4, -0.2) is 18.5 Å². The van der Waals surface area contributed by atoms with Crippen molar-refractivity contribution in [2.24, 2.45) is 5.73 Å². The number of carbonyl (C=O) groups excluding carboxylic acids is 2. The Hall–Kier alpha value is -4.26. The molecule has 3 aliphatic rings. The van der Waals surface area contributed by atoms with Crippen LogP contribution in [0.4, 0.5) is 24.5 Å². The van der Waals surface area contributed by atoms with E-state index in [-0.39, 0.29) is 35.0 Å². The van der Waals surface area contributed by atoms with E-state index in [1.54, 1.807) is 24.3 Å². The Morgan fingerprint density at radius 3 is 2.47 bits per heavy atom. The molecule has 1 amide bonds. The normalized spacial score (nSPS) is 22.0. The molecular formula is C22H13F3N4O3. The fourth-order valence-electron chi connectivity index (χ4n) is 4.51. The third-order valence-electron chi connectivity index (χ3n) is 5.83. The van der Waals surface area contributed by atoms with E-state index in [1.807, 2.05) is 6.07 Å². The lowest BCUT2D eigenvalue weighted by Gasteiger charge is -2.38. The highest BCUT2D eigenvalue weighted by atomic mass is 19.4. The summed E-state index contributed by atoms with van der Waals surface area (Å²) >= 11 is 0. The molecule has 7 nitrogen and oxygen atoms in total. The first-order chi connectivity index (χ1) is 15.2. The van der Waals surface area contributed by atoms with Crippen LogP contribution in [0.5, 0.6) is 0 Å². The molecule has 0 saturated carbocycles. The summed E-state index contributed by atoms with van der Waals surface area (Å²) in [5.74, 6) is -1.60. The number of nitrogens with one attached hydrogen (secondary N) is 1. The predicted molar refractivity (Wildman–Crippen MR) is 105 cm³/mol. The summed E-state index contributed by atoms with van der Waals surface area (Å²) in [6.45, 7) is -0.258. The van der Waals surface area contributed by atoms with Crippen LogP contribution in [0, 0.1) is 11.3 Å². The zero-order valence-corrected chi connectivity index (χ0v) is 16.2. The number of benzene rings is 2. The third kappa shape index (κ3) is 2.36. The van der Waals surface area contributed by atoms with Crippen molar-refractivity contribution >= 4 is 23.3 Å². The fourth-order valence-corrected chi connectivity index (χ4v) is 4.51. The zero-order chi connectivity index (χ0) is 22.8. The minimum Gasteiger partial charge on any atom is -0.456 e. The van der Waals surface area contributed by atoms with E-state index in [0.29, 0.717) is 11.3 Å². The number of nitriles is 1. The van der Waals surface area contributed by atoms with Gasteiger partial charge in [0.25, 0.3) is 0 Å². The number of hydrogen-bond donors (Lipinski definition) is 2. The first-order valence-corrected chi connectivity index (χ1v) is 9.40. The number of cyclic esters (lactones) is 1. The lowest BCUT2D eigenvalue weighted by atomic mass is 9.67. The number of nitrogens with two attached hydrogens (primary N) is 1. The van der Waals surface area contributed by atoms with Crippen LogP contribution in [0.2, 0.25) is 0 Å². The van der Waals surface area contributed by atoms with Gasteiger partial charge in [-0.25, -0.2) is 4.79 Å². The number of esters is 1. The van der Waals surface area contributed by atoms with Gasteiger partial charge in [0.15, 0.2) is 0 Å². The minimum atomic E-state index is -4.54. The van der Waals surface area contributed by atoms with Gasteiger partial charge >= 0.3 is 12.1 Å². The number of alkyl halides is 3. The first kappa shape index (κ1) is 19.7. The lowest BCUT2D eigenvalue weighted by molar-refractivity contribution is -0.138. The summed E-state index contributed by atoms with van der Waals surface area (Å²) in [5.41, 5.74) is 4.57. The summed E-state index contributed by atoms with van der Waals surface area (Å²) in [5, 5.41) is 12.7. The Morgan fingerprint density at radius 2 is 1.81 bits per heavy atom. The van der Waals surface area contributed by atoms with E-state index in [0.717, 1.165) is 12.1 Å². The van der Waals surface area contributed by atoms with Crippen LogP contribution in [0.25, 0.3) is 0 Å². The first-order valence-electron chi connectivity index (χ1n) is 9.40. The molecule has 3 aliphatic heterocycles. The maximum absolute atomic E-state index is 13.3. The summed E-state index contributed by atoms with van der Waals surface area (Å²) in [4.78, 5) is 27.4. The van der Waals surface area contributed by atoms with Gasteiger partial charge in [0, 0.05) is 16.9 Å². The van der Waals surface area contributed by atoms with E-state index in [4.69, 9.17) is 10.5 Å². The van der Waals surface area contributed by atoms with Gasteiger partial charge in [-0.15, -0.1) is 0 Å². The molecule has 160 valence electrons. The Morgan fingerprint density at radius 1 is 1.12 bits per heavy atom. The van der Waals surface area contributed by atoms with Crippen LogP contribution in [0.3, 0.4) is 0 Å². The standard InChI is InChI=1S/C22H13F3N4O3/c23-22(24,25)11-5-7-12(8-6-11)29-16-10-32-19(30)17(16)21(14(9-26)18(29)27)13-3-1-2-4-15(13)28-20(21)31/h1-8H,10,27H2,(H,28,31)/t21-/m1/s1. The number of hydrogen-bond acceptors (Lipinski definition) is 6. The molecular weight excluding hydrogens is 425 g/mol. The summed E-state index contributed by atoms with van der Waals surface area (Å²) in [6, 6.07) is 12.7. The maximum atomic E-state index is 13.3. The second-order valence-corrected chi connectivity index (χ2v) is 7.40. The number of ether oxygens (including phenoxy) is 1. The quantitative estimate of drug-likeness (QED) is 0.663. The summed E-state index contributed by atoms with van der Waals surface area (Å²) in [7, 11) is 0. The molecule has 0 radical (unpaired) electrons. The molecule has 0 saturated heterocycles. The fraction of sp³-hybridized carbons (Fsp3) is 0.136. The molecule has 1 atom stereocenters. The van der Waals surface area contributed by atoms with Crippen molar-refractivity contribution in [1.82, 2.24) is 0 Å². The van der Waals surface area contributed by atoms with Crippen LogP contribution >= 0.6 is 0 Å². The molecule has 3 heterocycles. The number of carbonyl (C=O) groups is 2. The highest BCUT2D eigenvalue weighted by Gasteiger charge is 2.61. The van der Waals surface area contributed by atoms with Crippen molar-refractivity contribution in [1.29, 1.82) is 5.26 Å². The second kappa shape index (κ2) is 6.37. The number of anilines is 2.